The Labute approximate surface area is 196 Å². The molecule has 174 valence electrons. The Balaban J connectivity index is 1.38. The third-order valence-electron chi connectivity index (χ3n) is 5.02. The normalized spacial score (nSPS) is 11.1. The first-order valence-corrected chi connectivity index (χ1v) is 11.7. The van der Waals surface area contributed by atoms with E-state index in [1.54, 1.807) is 53.4 Å². The molecule has 0 atom stereocenters. The van der Waals surface area contributed by atoms with Crippen molar-refractivity contribution < 1.29 is 22.3 Å². The zero-order valence-corrected chi connectivity index (χ0v) is 18.9. The van der Waals surface area contributed by atoms with Crippen LogP contribution in [0.15, 0.2) is 90.3 Å². The van der Waals surface area contributed by atoms with E-state index in [9.17, 15) is 17.6 Å². The van der Waals surface area contributed by atoms with E-state index in [-0.39, 0.29) is 17.0 Å². The number of sulfonamides is 1. The molecule has 0 aliphatic carbocycles. The Morgan fingerprint density at radius 2 is 1.79 bits per heavy atom. The largest absolute Gasteiger partial charge is 0.497 e. The maximum atomic E-state index is 14.4. The van der Waals surface area contributed by atoms with E-state index in [1.807, 2.05) is 0 Å². The Kier molecular flexibility index (Phi) is 6.60. The highest BCUT2D eigenvalue weighted by Crippen LogP contribution is 2.20. The summed E-state index contributed by atoms with van der Waals surface area (Å²) in [7, 11) is -2.31. The van der Waals surface area contributed by atoms with Crippen LogP contribution in [-0.2, 0) is 16.6 Å². The second-order valence-corrected chi connectivity index (χ2v) is 8.98. The summed E-state index contributed by atoms with van der Waals surface area (Å²) >= 11 is 0. The van der Waals surface area contributed by atoms with Crippen LogP contribution in [0.5, 0.6) is 5.75 Å². The van der Waals surface area contributed by atoms with Crippen molar-refractivity contribution in [2.24, 2.45) is 0 Å². The van der Waals surface area contributed by atoms with Crippen molar-refractivity contribution in [3.8, 4) is 11.4 Å². The van der Waals surface area contributed by atoms with Gasteiger partial charge in [0.05, 0.1) is 24.0 Å². The number of hydrogen-bond acceptors (Lipinski definition) is 5. The van der Waals surface area contributed by atoms with Gasteiger partial charge in [0.15, 0.2) is 0 Å². The van der Waals surface area contributed by atoms with Gasteiger partial charge in [-0.15, -0.1) is 0 Å². The molecule has 0 aliphatic heterocycles. The minimum absolute atomic E-state index is 0.0111. The number of carbonyl (C=O) groups is 1. The van der Waals surface area contributed by atoms with Gasteiger partial charge in [0.25, 0.3) is 15.9 Å². The number of hydrogen-bond donors (Lipinski definition) is 2. The Morgan fingerprint density at radius 1 is 1.06 bits per heavy atom. The number of nitrogens with zero attached hydrogens (tertiary/aromatic N) is 2. The fourth-order valence-electron chi connectivity index (χ4n) is 3.21. The van der Waals surface area contributed by atoms with Crippen molar-refractivity contribution in [3.63, 3.8) is 0 Å². The summed E-state index contributed by atoms with van der Waals surface area (Å²) in [6.07, 6.45) is 4.69. The van der Waals surface area contributed by atoms with Gasteiger partial charge in [-0.05, 0) is 66.2 Å². The van der Waals surface area contributed by atoms with E-state index in [0.717, 1.165) is 0 Å². The zero-order chi connectivity index (χ0) is 24.1. The van der Waals surface area contributed by atoms with Crippen LogP contribution < -0.4 is 14.8 Å². The number of rotatable bonds is 8. The van der Waals surface area contributed by atoms with Crippen molar-refractivity contribution in [2.75, 3.05) is 11.8 Å². The summed E-state index contributed by atoms with van der Waals surface area (Å²) in [4.78, 5) is 16.4. The SMILES string of the molecule is COc1ccc(NS(=O)(=O)c2ccc(C(=O)NCc3ccc(-n4ccnc4)c(F)c3)cc2)cc1. The number of ether oxygens (including phenoxy) is 1. The predicted molar refractivity (Wildman–Crippen MR) is 125 cm³/mol. The molecule has 2 N–H and O–H groups in total. The number of imidazole rings is 1. The molecule has 34 heavy (non-hydrogen) atoms. The highest BCUT2D eigenvalue weighted by Gasteiger charge is 2.15. The first kappa shape index (κ1) is 23.0. The zero-order valence-electron chi connectivity index (χ0n) is 18.1. The van der Waals surface area contributed by atoms with Crippen LogP contribution in [0.25, 0.3) is 5.69 Å². The number of aromatic nitrogens is 2. The van der Waals surface area contributed by atoms with E-state index in [1.165, 1.54) is 43.8 Å². The number of nitrogens with one attached hydrogen (secondary N) is 2. The quantitative estimate of drug-likeness (QED) is 0.400. The molecule has 1 aromatic heterocycles. The number of anilines is 1. The fraction of sp³-hybridized carbons (Fsp3) is 0.0833. The molecule has 0 radical (unpaired) electrons. The van der Waals surface area contributed by atoms with Crippen LogP contribution >= 0.6 is 0 Å². The van der Waals surface area contributed by atoms with Gasteiger partial charge in [0.2, 0.25) is 0 Å². The van der Waals surface area contributed by atoms with Crippen LogP contribution in [0.2, 0.25) is 0 Å². The minimum atomic E-state index is -3.83. The molecule has 0 fully saturated rings. The monoisotopic (exact) mass is 480 g/mol. The average Bonchev–Trinajstić information content (AvgIpc) is 3.37. The molecule has 4 aromatic rings. The highest BCUT2D eigenvalue weighted by molar-refractivity contribution is 7.92. The van der Waals surface area contributed by atoms with Gasteiger partial charge in [0, 0.05) is 30.2 Å². The van der Waals surface area contributed by atoms with Gasteiger partial charge in [-0.1, -0.05) is 6.07 Å². The van der Waals surface area contributed by atoms with E-state index < -0.39 is 21.7 Å². The first-order chi connectivity index (χ1) is 16.4. The molecule has 0 aliphatic rings. The van der Waals surface area contributed by atoms with Crippen LogP contribution in [0, 0.1) is 5.82 Å². The second-order valence-electron chi connectivity index (χ2n) is 7.30. The molecular weight excluding hydrogens is 459 g/mol. The van der Waals surface area contributed by atoms with Crippen LogP contribution in [0.3, 0.4) is 0 Å². The molecule has 10 heteroatoms. The molecule has 1 amide bonds. The number of carbonyl (C=O) groups excluding carboxylic acids is 1. The summed E-state index contributed by atoms with van der Waals surface area (Å²) in [6.45, 7) is 0.110. The van der Waals surface area contributed by atoms with Crippen molar-refractivity contribution in [2.45, 2.75) is 11.4 Å². The molecular formula is C24H21FN4O4S. The van der Waals surface area contributed by atoms with Gasteiger partial charge in [-0.3, -0.25) is 9.52 Å². The molecule has 8 nitrogen and oxygen atoms in total. The number of amides is 1. The summed E-state index contributed by atoms with van der Waals surface area (Å²) < 4.78 is 48.7. The maximum absolute atomic E-state index is 14.4. The minimum Gasteiger partial charge on any atom is -0.497 e. The van der Waals surface area contributed by atoms with E-state index in [2.05, 4.69) is 15.0 Å². The fourth-order valence-corrected chi connectivity index (χ4v) is 4.27. The molecule has 3 aromatic carbocycles. The number of methoxy groups -OCH3 is 1. The van der Waals surface area contributed by atoms with Crippen LogP contribution in [0.1, 0.15) is 15.9 Å². The van der Waals surface area contributed by atoms with Crippen molar-refractivity contribution in [1.29, 1.82) is 0 Å². The first-order valence-electron chi connectivity index (χ1n) is 10.2. The molecule has 0 saturated heterocycles. The smallest absolute Gasteiger partial charge is 0.261 e. The average molecular weight is 481 g/mol. The Hall–Kier alpha value is -4.18. The lowest BCUT2D eigenvalue weighted by Crippen LogP contribution is -2.23. The number of halogens is 1. The van der Waals surface area contributed by atoms with E-state index >= 15 is 0 Å². The topological polar surface area (TPSA) is 102 Å². The number of benzene rings is 3. The standard InChI is InChI=1S/C24H21FN4O4S/c1-33-20-7-5-19(6-8-20)28-34(31,32)21-9-3-18(4-10-21)24(30)27-15-17-2-11-23(22(25)14-17)29-13-12-26-16-29/h2-14,16,28H,15H2,1H3,(H,27,30). The highest BCUT2D eigenvalue weighted by atomic mass is 32.2. The van der Waals surface area contributed by atoms with Crippen LogP contribution in [0.4, 0.5) is 10.1 Å². The molecule has 0 bridgehead atoms. The molecule has 4 rings (SSSR count). The summed E-state index contributed by atoms with van der Waals surface area (Å²) in [6, 6.07) is 16.6. The van der Waals surface area contributed by atoms with Crippen molar-refractivity contribution in [3.05, 3.63) is 102 Å². The summed E-state index contributed by atoms with van der Waals surface area (Å²) in [5, 5.41) is 2.70. The van der Waals surface area contributed by atoms with E-state index in [0.29, 0.717) is 22.7 Å². The van der Waals surface area contributed by atoms with Gasteiger partial charge in [-0.25, -0.2) is 17.8 Å². The predicted octanol–water partition coefficient (Wildman–Crippen LogP) is 3.75. The Morgan fingerprint density at radius 3 is 2.41 bits per heavy atom. The lowest BCUT2D eigenvalue weighted by Gasteiger charge is -2.10. The van der Waals surface area contributed by atoms with Gasteiger partial charge >= 0.3 is 0 Å². The van der Waals surface area contributed by atoms with Crippen LogP contribution in [-0.4, -0.2) is 31.0 Å². The molecule has 1 heterocycles. The van der Waals surface area contributed by atoms with Crippen molar-refractivity contribution >= 4 is 21.6 Å². The maximum Gasteiger partial charge on any atom is 0.261 e. The lowest BCUT2D eigenvalue weighted by molar-refractivity contribution is 0.0950. The Bertz CT molecular complexity index is 1390. The lowest BCUT2D eigenvalue weighted by atomic mass is 10.1. The van der Waals surface area contributed by atoms with E-state index in [4.69, 9.17) is 4.74 Å². The van der Waals surface area contributed by atoms with Gasteiger partial charge in [0.1, 0.15) is 11.6 Å². The van der Waals surface area contributed by atoms with Crippen molar-refractivity contribution in [1.82, 2.24) is 14.9 Å². The molecule has 0 spiro atoms. The third kappa shape index (κ3) is 5.24. The molecule has 0 saturated carbocycles. The summed E-state index contributed by atoms with van der Waals surface area (Å²) in [5.74, 6) is -0.245. The summed E-state index contributed by atoms with van der Waals surface area (Å²) in [5.41, 5.74) is 1.60. The van der Waals surface area contributed by atoms with Gasteiger partial charge < -0.3 is 14.6 Å². The molecule has 0 unspecified atom stereocenters. The van der Waals surface area contributed by atoms with Gasteiger partial charge in [-0.2, -0.15) is 0 Å². The second kappa shape index (κ2) is 9.75. The third-order valence-corrected chi connectivity index (χ3v) is 6.41.